The van der Waals surface area contributed by atoms with Crippen molar-refractivity contribution in [3.8, 4) is 0 Å². The van der Waals surface area contributed by atoms with Gasteiger partial charge in [0.25, 0.3) is 0 Å². The number of ether oxygens (including phenoxy) is 2. The molecule has 0 aromatic carbocycles. The van der Waals surface area contributed by atoms with E-state index in [-0.39, 0.29) is 11.9 Å². The molecule has 0 aliphatic carbocycles. The molecule has 0 atom stereocenters. The summed E-state index contributed by atoms with van der Waals surface area (Å²) in [5.74, 6) is 0.0557. The lowest BCUT2D eigenvalue weighted by molar-refractivity contribution is -0.146. The van der Waals surface area contributed by atoms with E-state index >= 15 is 0 Å². The van der Waals surface area contributed by atoms with Gasteiger partial charge >= 0.3 is 11.9 Å². The predicted molar refractivity (Wildman–Crippen MR) is 135 cm³/mol. The minimum Gasteiger partial charge on any atom is -0.466 e. The molecule has 0 aliphatic rings. The maximum atomic E-state index is 11.7. The van der Waals surface area contributed by atoms with Crippen molar-refractivity contribution in [1.29, 1.82) is 0 Å². The molecule has 0 saturated heterocycles. The third-order valence-corrected chi connectivity index (χ3v) is 5.85. The van der Waals surface area contributed by atoms with Crippen LogP contribution < -0.4 is 0 Å². The summed E-state index contributed by atoms with van der Waals surface area (Å²) in [4.78, 5) is 23.2. The topological polar surface area (TPSA) is 52.6 Å². The summed E-state index contributed by atoms with van der Waals surface area (Å²) in [6.45, 7) is 7.32. The molecular formula is C28H54O4. The van der Waals surface area contributed by atoms with Crippen LogP contribution in [0.4, 0.5) is 0 Å². The minimum atomic E-state index is -0.166. The van der Waals surface area contributed by atoms with Crippen LogP contribution in [0.1, 0.15) is 149 Å². The van der Waals surface area contributed by atoms with Gasteiger partial charge in [-0.1, -0.05) is 117 Å². The number of hydrogen-bond acceptors (Lipinski definition) is 4. The van der Waals surface area contributed by atoms with E-state index in [0.717, 1.165) is 12.8 Å². The zero-order chi connectivity index (χ0) is 23.7. The molecule has 0 fully saturated rings. The Morgan fingerprint density at radius 2 is 0.906 bits per heavy atom. The molecule has 0 rings (SSSR count). The van der Waals surface area contributed by atoms with Crippen molar-refractivity contribution in [1.82, 2.24) is 0 Å². The average Bonchev–Trinajstić information content (AvgIpc) is 2.77. The standard InChI is InChI=1S/C28H54O4/c1-4-5-6-7-8-9-10-11-12-13-14-15-16-17-18-21-24-31-27(29)22-19-20-23-28(30)32-25-26(2)3/h26H,4-25H2,1-3H3. The SMILES string of the molecule is CCCCCCCCCCCCCCCCCCOC(=O)CCCCC(=O)OCC(C)C. The first-order valence-electron chi connectivity index (χ1n) is 13.9. The van der Waals surface area contributed by atoms with Gasteiger partial charge in [0.1, 0.15) is 0 Å². The van der Waals surface area contributed by atoms with Gasteiger partial charge in [-0.2, -0.15) is 0 Å². The van der Waals surface area contributed by atoms with E-state index in [1.165, 1.54) is 89.9 Å². The Labute approximate surface area is 199 Å². The van der Waals surface area contributed by atoms with Crippen LogP contribution in [-0.2, 0) is 19.1 Å². The second-order valence-corrected chi connectivity index (χ2v) is 9.81. The van der Waals surface area contributed by atoms with E-state index in [4.69, 9.17) is 9.47 Å². The molecule has 0 amide bonds. The lowest BCUT2D eigenvalue weighted by Crippen LogP contribution is -2.10. The molecule has 0 spiro atoms. The van der Waals surface area contributed by atoms with Gasteiger partial charge in [0.2, 0.25) is 0 Å². The number of hydrogen-bond donors (Lipinski definition) is 0. The largest absolute Gasteiger partial charge is 0.466 e. The molecule has 0 bridgehead atoms. The Bertz CT molecular complexity index is 420. The molecule has 32 heavy (non-hydrogen) atoms. The quantitative estimate of drug-likeness (QED) is 0.108. The van der Waals surface area contributed by atoms with Crippen molar-refractivity contribution < 1.29 is 19.1 Å². The molecule has 0 aromatic rings. The van der Waals surface area contributed by atoms with E-state index in [9.17, 15) is 9.59 Å². The third kappa shape index (κ3) is 25.2. The van der Waals surface area contributed by atoms with Gasteiger partial charge in [-0.25, -0.2) is 0 Å². The van der Waals surface area contributed by atoms with E-state index in [0.29, 0.717) is 44.8 Å². The van der Waals surface area contributed by atoms with Crippen molar-refractivity contribution in [2.24, 2.45) is 5.92 Å². The zero-order valence-electron chi connectivity index (χ0n) is 21.8. The first-order valence-corrected chi connectivity index (χ1v) is 13.9. The molecule has 0 aromatic heterocycles. The van der Waals surface area contributed by atoms with Gasteiger partial charge < -0.3 is 9.47 Å². The Balaban J connectivity index is 3.22. The lowest BCUT2D eigenvalue weighted by atomic mass is 10.0. The Kier molecular flexibility index (Phi) is 23.8. The highest BCUT2D eigenvalue weighted by atomic mass is 16.5. The fraction of sp³-hybridized carbons (Fsp3) is 0.929. The maximum absolute atomic E-state index is 11.7. The second kappa shape index (κ2) is 24.6. The summed E-state index contributed by atoms with van der Waals surface area (Å²) >= 11 is 0. The number of unbranched alkanes of at least 4 members (excludes halogenated alkanes) is 16. The number of rotatable bonds is 24. The Morgan fingerprint density at radius 1 is 0.531 bits per heavy atom. The van der Waals surface area contributed by atoms with Crippen LogP contribution in [0.2, 0.25) is 0 Å². The molecule has 4 heteroatoms. The smallest absolute Gasteiger partial charge is 0.305 e. The van der Waals surface area contributed by atoms with Crippen molar-refractivity contribution >= 4 is 11.9 Å². The van der Waals surface area contributed by atoms with Gasteiger partial charge in [0.15, 0.2) is 0 Å². The van der Waals surface area contributed by atoms with Crippen LogP contribution in [0.25, 0.3) is 0 Å². The fourth-order valence-electron chi connectivity index (χ4n) is 3.78. The fourth-order valence-corrected chi connectivity index (χ4v) is 3.78. The molecule has 0 N–H and O–H groups in total. The Hall–Kier alpha value is -1.06. The summed E-state index contributed by atoms with van der Waals surface area (Å²) in [6.07, 6.45) is 23.7. The number of carbonyl (C=O) groups is 2. The average molecular weight is 455 g/mol. The molecule has 0 unspecified atom stereocenters. The van der Waals surface area contributed by atoms with Crippen LogP contribution in [0, 0.1) is 5.92 Å². The van der Waals surface area contributed by atoms with Gasteiger partial charge in [-0.15, -0.1) is 0 Å². The summed E-state index contributed by atoms with van der Waals surface area (Å²) < 4.78 is 10.4. The third-order valence-electron chi connectivity index (χ3n) is 5.85. The molecular weight excluding hydrogens is 400 g/mol. The molecule has 4 nitrogen and oxygen atoms in total. The number of esters is 2. The second-order valence-electron chi connectivity index (χ2n) is 9.81. The number of carbonyl (C=O) groups excluding carboxylic acids is 2. The van der Waals surface area contributed by atoms with Crippen molar-refractivity contribution in [2.75, 3.05) is 13.2 Å². The summed E-state index contributed by atoms with van der Waals surface area (Å²) in [7, 11) is 0. The van der Waals surface area contributed by atoms with Crippen LogP contribution in [0.15, 0.2) is 0 Å². The predicted octanol–water partition coefficient (Wildman–Crippen LogP) is 8.55. The highest BCUT2D eigenvalue weighted by Crippen LogP contribution is 2.14. The first-order chi connectivity index (χ1) is 15.6. The molecule has 0 heterocycles. The van der Waals surface area contributed by atoms with Gasteiger partial charge in [-0.05, 0) is 25.2 Å². The summed E-state index contributed by atoms with van der Waals surface area (Å²) in [5.41, 5.74) is 0. The molecule has 0 aliphatic heterocycles. The monoisotopic (exact) mass is 454 g/mol. The first kappa shape index (κ1) is 30.9. The highest BCUT2D eigenvalue weighted by Gasteiger charge is 2.07. The molecule has 0 saturated carbocycles. The Morgan fingerprint density at radius 3 is 1.31 bits per heavy atom. The van der Waals surface area contributed by atoms with Crippen molar-refractivity contribution in [3.05, 3.63) is 0 Å². The highest BCUT2D eigenvalue weighted by molar-refractivity contribution is 5.70. The van der Waals surface area contributed by atoms with E-state index in [2.05, 4.69) is 6.92 Å². The van der Waals surface area contributed by atoms with Crippen LogP contribution in [0.3, 0.4) is 0 Å². The van der Waals surface area contributed by atoms with Crippen molar-refractivity contribution in [2.45, 2.75) is 149 Å². The van der Waals surface area contributed by atoms with Gasteiger partial charge in [0.05, 0.1) is 13.2 Å². The minimum absolute atomic E-state index is 0.137. The normalized spacial score (nSPS) is 11.1. The summed E-state index contributed by atoms with van der Waals surface area (Å²) in [5, 5.41) is 0. The molecule has 190 valence electrons. The lowest BCUT2D eigenvalue weighted by Gasteiger charge is -2.07. The summed E-state index contributed by atoms with van der Waals surface area (Å²) in [6, 6.07) is 0. The maximum Gasteiger partial charge on any atom is 0.305 e. The van der Waals surface area contributed by atoms with E-state index in [1.807, 2.05) is 13.8 Å². The van der Waals surface area contributed by atoms with Gasteiger partial charge in [0, 0.05) is 12.8 Å². The van der Waals surface area contributed by atoms with E-state index in [1.54, 1.807) is 0 Å². The van der Waals surface area contributed by atoms with E-state index < -0.39 is 0 Å². The van der Waals surface area contributed by atoms with Crippen LogP contribution >= 0.6 is 0 Å². The van der Waals surface area contributed by atoms with Crippen LogP contribution in [0.5, 0.6) is 0 Å². The zero-order valence-corrected chi connectivity index (χ0v) is 21.8. The van der Waals surface area contributed by atoms with Gasteiger partial charge in [-0.3, -0.25) is 9.59 Å². The van der Waals surface area contributed by atoms with Crippen LogP contribution in [-0.4, -0.2) is 25.2 Å². The molecule has 0 radical (unpaired) electrons. The van der Waals surface area contributed by atoms with Crippen molar-refractivity contribution in [3.63, 3.8) is 0 Å².